The topological polar surface area (TPSA) is 62.3 Å². The highest BCUT2D eigenvalue weighted by molar-refractivity contribution is 7.89. The lowest BCUT2D eigenvalue weighted by atomic mass is 9.82. The Morgan fingerprint density at radius 3 is 2.62 bits per heavy atom. The van der Waals surface area contributed by atoms with Crippen molar-refractivity contribution in [1.82, 2.24) is 9.29 Å². The van der Waals surface area contributed by atoms with Gasteiger partial charge in [0.25, 0.3) is 0 Å². The molecule has 1 aromatic rings. The first-order valence-electron chi connectivity index (χ1n) is 7.67. The van der Waals surface area contributed by atoms with Gasteiger partial charge in [-0.15, -0.1) is 0 Å². The third kappa shape index (κ3) is 3.06. The maximum Gasteiger partial charge on any atom is 0.246 e. The van der Waals surface area contributed by atoms with Crippen LogP contribution in [0.1, 0.15) is 40.0 Å². The van der Waals surface area contributed by atoms with Gasteiger partial charge in [-0.3, -0.25) is 4.98 Å². The molecule has 0 unspecified atom stereocenters. The Hall–Kier alpha value is -1.14. The van der Waals surface area contributed by atoms with Crippen molar-refractivity contribution in [2.75, 3.05) is 25.0 Å². The van der Waals surface area contributed by atoms with E-state index in [-0.39, 0.29) is 10.3 Å². The average molecular weight is 311 g/mol. The van der Waals surface area contributed by atoms with E-state index in [9.17, 15) is 8.42 Å². The lowest BCUT2D eigenvalue weighted by Gasteiger charge is -2.26. The number of nitrogens with one attached hydrogen (secondary N) is 1. The first-order valence-corrected chi connectivity index (χ1v) is 9.11. The van der Waals surface area contributed by atoms with Gasteiger partial charge < -0.3 is 5.32 Å². The van der Waals surface area contributed by atoms with Crippen molar-refractivity contribution in [2.45, 2.75) is 44.9 Å². The fraction of sp³-hybridized carbons (Fsp3) is 0.667. The second kappa shape index (κ2) is 6.32. The smallest absolute Gasteiger partial charge is 0.246 e. The Bertz CT molecular complexity index is 582. The van der Waals surface area contributed by atoms with Gasteiger partial charge in [0.1, 0.15) is 4.90 Å². The number of aromatic nitrogens is 1. The average Bonchev–Trinajstić information content (AvgIpc) is 2.94. The van der Waals surface area contributed by atoms with E-state index in [1.165, 1.54) is 6.20 Å². The molecule has 2 rings (SSSR count). The van der Waals surface area contributed by atoms with Crippen LogP contribution >= 0.6 is 0 Å². The van der Waals surface area contributed by atoms with Crippen LogP contribution in [0, 0.1) is 5.41 Å². The predicted octanol–water partition coefficient (Wildman–Crippen LogP) is 2.71. The number of anilines is 1. The second-order valence-electron chi connectivity index (χ2n) is 5.70. The molecule has 2 heterocycles. The highest BCUT2D eigenvalue weighted by atomic mass is 32.2. The molecule has 6 heteroatoms. The molecule has 1 saturated heterocycles. The Morgan fingerprint density at radius 1 is 1.33 bits per heavy atom. The summed E-state index contributed by atoms with van der Waals surface area (Å²) in [6, 6.07) is 1.72. The van der Waals surface area contributed by atoms with Gasteiger partial charge in [0.15, 0.2) is 0 Å². The molecule has 0 bridgehead atoms. The highest BCUT2D eigenvalue weighted by Gasteiger charge is 2.41. The lowest BCUT2D eigenvalue weighted by Crippen LogP contribution is -2.32. The van der Waals surface area contributed by atoms with E-state index >= 15 is 0 Å². The zero-order valence-corrected chi connectivity index (χ0v) is 13.9. The molecule has 1 aliphatic heterocycles. The van der Waals surface area contributed by atoms with Gasteiger partial charge in [0.05, 0.1) is 5.69 Å². The highest BCUT2D eigenvalue weighted by Crippen LogP contribution is 2.39. The minimum absolute atomic E-state index is 0.133. The summed E-state index contributed by atoms with van der Waals surface area (Å²) in [5.41, 5.74) is 0.770. The molecular weight excluding hydrogens is 286 g/mol. The SMILES string of the molecule is CCNc1ccncc1S(=O)(=O)N1CCC(CC)(CC)C1. The maximum absolute atomic E-state index is 12.9. The monoisotopic (exact) mass is 311 g/mol. The summed E-state index contributed by atoms with van der Waals surface area (Å²) in [5, 5.41) is 3.11. The molecule has 21 heavy (non-hydrogen) atoms. The third-order valence-electron chi connectivity index (χ3n) is 4.67. The molecule has 1 aliphatic rings. The molecular formula is C15H25N3O2S. The van der Waals surface area contributed by atoms with E-state index in [1.54, 1.807) is 16.6 Å². The van der Waals surface area contributed by atoms with Crippen LogP contribution in [0.15, 0.2) is 23.4 Å². The largest absolute Gasteiger partial charge is 0.384 e. The first kappa shape index (κ1) is 16.2. The summed E-state index contributed by atoms with van der Waals surface area (Å²) in [7, 11) is -3.47. The zero-order valence-electron chi connectivity index (χ0n) is 13.1. The van der Waals surface area contributed by atoms with Crippen LogP contribution in [0.5, 0.6) is 0 Å². The lowest BCUT2D eigenvalue weighted by molar-refractivity contribution is 0.279. The van der Waals surface area contributed by atoms with Gasteiger partial charge in [-0.1, -0.05) is 13.8 Å². The van der Waals surface area contributed by atoms with Crippen LogP contribution in [0.25, 0.3) is 0 Å². The Morgan fingerprint density at radius 2 is 2.05 bits per heavy atom. The van der Waals surface area contributed by atoms with E-state index in [0.29, 0.717) is 25.3 Å². The molecule has 0 radical (unpaired) electrons. The summed E-state index contributed by atoms with van der Waals surface area (Å²) in [4.78, 5) is 4.28. The Balaban J connectivity index is 2.32. The van der Waals surface area contributed by atoms with Gasteiger partial charge in [0.2, 0.25) is 10.0 Å². The summed E-state index contributed by atoms with van der Waals surface area (Å²) < 4.78 is 27.4. The van der Waals surface area contributed by atoms with Gasteiger partial charge in [0, 0.05) is 32.0 Å². The summed E-state index contributed by atoms with van der Waals surface area (Å²) >= 11 is 0. The molecule has 0 amide bonds. The van der Waals surface area contributed by atoms with E-state index < -0.39 is 10.0 Å². The molecule has 0 atom stereocenters. The first-order chi connectivity index (χ1) is 9.99. The number of nitrogens with zero attached hydrogens (tertiary/aromatic N) is 2. The van der Waals surface area contributed by atoms with Crippen molar-refractivity contribution >= 4 is 15.7 Å². The normalized spacial score (nSPS) is 18.8. The van der Waals surface area contributed by atoms with E-state index in [4.69, 9.17) is 0 Å². The quantitative estimate of drug-likeness (QED) is 0.877. The predicted molar refractivity (Wildman–Crippen MR) is 84.8 cm³/mol. The molecule has 1 N–H and O–H groups in total. The van der Waals surface area contributed by atoms with Crippen LogP contribution < -0.4 is 5.32 Å². The van der Waals surface area contributed by atoms with Crippen LogP contribution in [-0.2, 0) is 10.0 Å². The van der Waals surface area contributed by atoms with Crippen molar-refractivity contribution in [3.05, 3.63) is 18.5 Å². The molecule has 0 aromatic carbocycles. The Labute approximate surface area is 127 Å². The van der Waals surface area contributed by atoms with Crippen molar-refractivity contribution < 1.29 is 8.42 Å². The molecule has 0 saturated carbocycles. The molecule has 1 fully saturated rings. The summed E-state index contributed by atoms with van der Waals surface area (Å²) in [6.45, 7) is 8.14. The van der Waals surface area contributed by atoms with Crippen LogP contribution in [0.2, 0.25) is 0 Å². The van der Waals surface area contributed by atoms with Gasteiger partial charge in [-0.25, -0.2) is 8.42 Å². The summed E-state index contributed by atoms with van der Waals surface area (Å²) in [5.74, 6) is 0. The van der Waals surface area contributed by atoms with Crippen molar-refractivity contribution in [3.63, 3.8) is 0 Å². The molecule has 0 spiro atoms. The van der Waals surface area contributed by atoms with E-state index in [2.05, 4.69) is 24.1 Å². The van der Waals surface area contributed by atoms with Gasteiger partial charge >= 0.3 is 0 Å². The van der Waals surface area contributed by atoms with Crippen LogP contribution in [-0.4, -0.2) is 37.3 Å². The molecule has 0 aliphatic carbocycles. The number of hydrogen-bond acceptors (Lipinski definition) is 4. The number of rotatable bonds is 6. The minimum Gasteiger partial charge on any atom is -0.384 e. The van der Waals surface area contributed by atoms with Gasteiger partial charge in [-0.2, -0.15) is 4.31 Å². The molecule has 5 nitrogen and oxygen atoms in total. The number of pyridine rings is 1. The summed E-state index contributed by atoms with van der Waals surface area (Å²) in [6.07, 6.45) is 6.04. The minimum atomic E-state index is -3.47. The molecule has 1 aromatic heterocycles. The number of hydrogen-bond donors (Lipinski definition) is 1. The van der Waals surface area contributed by atoms with Crippen LogP contribution in [0.4, 0.5) is 5.69 Å². The second-order valence-corrected chi connectivity index (χ2v) is 7.60. The number of sulfonamides is 1. The molecule has 118 valence electrons. The standard InChI is InChI=1S/C15H25N3O2S/c1-4-15(5-2)8-10-18(12-15)21(19,20)14-11-16-9-7-13(14)17-6-3/h7,9,11H,4-6,8,10,12H2,1-3H3,(H,16,17). The van der Waals surface area contributed by atoms with Crippen LogP contribution in [0.3, 0.4) is 0 Å². The maximum atomic E-state index is 12.9. The fourth-order valence-electron chi connectivity index (χ4n) is 2.99. The van der Waals surface area contributed by atoms with Crippen molar-refractivity contribution in [3.8, 4) is 0 Å². The van der Waals surface area contributed by atoms with Crippen molar-refractivity contribution in [1.29, 1.82) is 0 Å². The Kier molecular flexibility index (Phi) is 4.88. The van der Waals surface area contributed by atoms with E-state index in [0.717, 1.165) is 19.3 Å². The zero-order chi connectivity index (χ0) is 15.5. The fourth-order valence-corrected chi connectivity index (χ4v) is 4.65. The van der Waals surface area contributed by atoms with Crippen molar-refractivity contribution in [2.24, 2.45) is 5.41 Å². The third-order valence-corrected chi connectivity index (χ3v) is 6.55. The van der Waals surface area contributed by atoms with Gasteiger partial charge in [-0.05, 0) is 37.7 Å². The van der Waals surface area contributed by atoms with E-state index in [1.807, 2.05) is 6.92 Å².